The summed E-state index contributed by atoms with van der Waals surface area (Å²) in [7, 11) is -3.61. The van der Waals surface area contributed by atoms with Crippen LogP contribution < -0.4 is 5.32 Å². The number of aryl methyl sites for hydroxylation is 1. The lowest BCUT2D eigenvalue weighted by Crippen LogP contribution is -2.37. The molecule has 2 aromatic rings. The molecule has 170 valence electrons. The van der Waals surface area contributed by atoms with Crippen molar-refractivity contribution >= 4 is 32.4 Å². The van der Waals surface area contributed by atoms with Crippen LogP contribution in [0, 0.1) is 17.8 Å². The number of amides is 1. The maximum atomic E-state index is 13.1. The van der Waals surface area contributed by atoms with Gasteiger partial charge in [-0.3, -0.25) is 10.1 Å². The van der Waals surface area contributed by atoms with Gasteiger partial charge in [-0.05, 0) is 61.3 Å². The number of nitrogens with one attached hydrogen (secondary N) is 1. The van der Waals surface area contributed by atoms with Gasteiger partial charge in [0.2, 0.25) is 10.0 Å². The fourth-order valence-electron chi connectivity index (χ4n) is 3.78. The highest BCUT2D eigenvalue weighted by Crippen LogP contribution is 2.32. The average molecular weight is 464 g/mol. The van der Waals surface area contributed by atoms with Crippen LogP contribution in [0.5, 0.6) is 0 Å². The molecule has 1 aromatic carbocycles. The van der Waals surface area contributed by atoms with E-state index in [-0.39, 0.29) is 22.6 Å². The standard InChI is InChI=1S/C23H33N3O3S2/c1-15(2)13-26(14-16(3)4)31(28,29)19-9-7-18(8-10-19)22(27)25-23-24-20-11-6-17(5)12-21(20)30-23/h7-10,15-17H,6,11-14H2,1-5H3,(H,24,25,27)/t17-/m0/s1. The van der Waals surface area contributed by atoms with Gasteiger partial charge in [0.1, 0.15) is 0 Å². The monoisotopic (exact) mass is 463 g/mol. The molecule has 1 amide bonds. The van der Waals surface area contributed by atoms with Crippen molar-refractivity contribution in [3.05, 3.63) is 40.4 Å². The van der Waals surface area contributed by atoms with Crippen molar-refractivity contribution in [1.82, 2.24) is 9.29 Å². The fraction of sp³-hybridized carbons (Fsp3) is 0.565. The molecule has 0 unspecified atom stereocenters. The van der Waals surface area contributed by atoms with Crippen LogP contribution in [0.25, 0.3) is 0 Å². The van der Waals surface area contributed by atoms with Crippen LogP contribution in [0.2, 0.25) is 0 Å². The second kappa shape index (κ2) is 9.79. The number of benzene rings is 1. The van der Waals surface area contributed by atoms with Crippen LogP contribution in [-0.2, 0) is 22.9 Å². The van der Waals surface area contributed by atoms with Crippen molar-refractivity contribution in [2.45, 2.75) is 58.8 Å². The van der Waals surface area contributed by atoms with Crippen LogP contribution in [-0.4, -0.2) is 36.7 Å². The first-order chi connectivity index (χ1) is 14.6. The molecule has 1 aliphatic carbocycles. The first kappa shape index (κ1) is 23.9. The Labute approximate surface area is 190 Å². The van der Waals surface area contributed by atoms with Gasteiger partial charge >= 0.3 is 0 Å². The van der Waals surface area contributed by atoms with Crippen molar-refractivity contribution in [1.29, 1.82) is 0 Å². The Kier molecular flexibility index (Phi) is 7.55. The molecule has 0 spiro atoms. The first-order valence-electron chi connectivity index (χ1n) is 11.0. The van der Waals surface area contributed by atoms with Gasteiger partial charge in [0.05, 0.1) is 10.6 Å². The minimum atomic E-state index is -3.61. The van der Waals surface area contributed by atoms with E-state index < -0.39 is 10.0 Å². The van der Waals surface area contributed by atoms with E-state index in [2.05, 4.69) is 17.2 Å². The highest BCUT2D eigenvalue weighted by molar-refractivity contribution is 7.89. The van der Waals surface area contributed by atoms with Gasteiger partial charge < -0.3 is 0 Å². The molecule has 0 saturated heterocycles. The molecule has 3 rings (SSSR count). The van der Waals surface area contributed by atoms with Crippen molar-refractivity contribution in [3.63, 3.8) is 0 Å². The van der Waals surface area contributed by atoms with Crippen molar-refractivity contribution in [3.8, 4) is 0 Å². The van der Waals surface area contributed by atoms with Crippen molar-refractivity contribution in [2.75, 3.05) is 18.4 Å². The van der Waals surface area contributed by atoms with E-state index in [9.17, 15) is 13.2 Å². The van der Waals surface area contributed by atoms with Gasteiger partial charge in [0, 0.05) is 23.5 Å². The van der Waals surface area contributed by atoms with Gasteiger partial charge in [0.25, 0.3) is 5.91 Å². The van der Waals surface area contributed by atoms with Crippen molar-refractivity contribution in [2.24, 2.45) is 17.8 Å². The molecule has 8 heteroatoms. The zero-order valence-electron chi connectivity index (χ0n) is 19.0. The Morgan fingerprint density at radius 3 is 2.35 bits per heavy atom. The summed E-state index contributed by atoms with van der Waals surface area (Å²) >= 11 is 1.54. The molecule has 0 bridgehead atoms. The number of hydrogen-bond donors (Lipinski definition) is 1. The molecule has 1 heterocycles. The van der Waals surface area contributed by atoms with Crippen LogP contribution in [0.15, 0.2) is 29.2 Å². The predicted molar refractivity (Wildman–Crippen MR) is 126 cm³/mol. The highest BCUT2D eigenvalue weighted by atomic mass is 32.2. The Morgan fingerprint density at radius 1 is 1.16 bits per heavy atom. The predicted octanol–water partition coefficient (Wildman–Crippen LogP) is 4.82. The topological polar surface area (TPSA) is 79.4 Å². The van der Waals surface area contributed by atoms with Crippen LogP contribution in [0.4, 0.5) is 5.13 Å². The van der Waals surface area contributed by atoms with Gasteiger partial charge in [-0.1, -0.05) is 34.6 Å². The number of anilines is 1. The molecule has 0 radical (unpaired) electrons. The molecule has 1 aliphatic rings. The van der Waals surface area contributed by atoms with E-state index in [4.69, 9.17) is 0 Å². The Morgan fingerprint density at radius 2 is 1.77 bits per heavy atom. The third kappa shape index (κ3) is 5.93. The van der Waals surface area contributed by atoms with E-state index in [1.165, 1.54) is 28.3 Å². The average Bonchev–Trinajstić information content (AvgIpc) is 3.08. The second-order valence-electron chi connectivity index (χ2n) is 9.33. The van der Waals surface area contributed by atoms with E-state index in [0.29, 0.717) is 29.7 Å². The minimum Gasteiger partial charge on any atom is -0.298 e. The van der Waals surface area contributed by atoms with Gasteiger partial charge in [0.15, 0.2) is 5.13 Å². The number of nitrogens with zero attached hydrogens (tertiary/aromatic N) is 2. The van der Waals surface area contributed by atoms with Gasteiger partial charge in [-0.2, -0.15) is 4.31 Å². The zero-order valence-corrected chi connectivity index (χ0v) is 20.6. The van der Waals surface area contributed by atoms with Crippen LogP contribution in [0.1, 0.15) is 62.0 Å². The second-order valence-corrected chi connectivity index (χ2v) is 12.3. The quantitative estimate of drug-likeness (QED) is 0.608. The molecule has 1 aromatic heterocycles. The number of sulfonamides is 1. The van der Waals surface area contributed by atoms with Crippen molar-refractivity contribution < 1.29 is 13.2 Å². The summed E-state index contributed by atoms with van der Waals surface area (Å²) in [5, 5.41) is 3.48. The number of hydrogen-bond acceptors (Lipinski definition) is 5. The number of carbonyl (C=O) groups excluding carboxylic acids is 1. The molecule has 6 nitrogen and oxygen atoms in total. The van der Waals surface area contributed by atoms with Gasteiger partial charge in [-0.25, -0.2) is 13.4 Å². The lowest BCUT2D eigenvalue weighted by Gasteiger charge is -2.25. The first-order valence-corrected chi connectivity index (χ1v) is 13.2. The lowest BCUT2D eigenvalue weighted by atomic mass is 9.93. The van der Waals surface area contributed by atoms with Gasteiger partial charge in [-0.15, -0.1) is 11.3 Å². The summed E-state index contributed by atoms with van der Waals surface area (Å²) in [5.41, 5.74) is 1.51. The largest absolute Gasteiger partial charge is 0.298 e. The summed E-state index contributed by atoms with van der Waals surface area (Å²) in [6.07, 6.45) is 3.10. The number of thiazole rings is 1. The smallest absolute Gasteiger partial charge is 0.257 e. The maximum absolute atomic E-state index is 13.1. The van der Waals surface area contributed by atoms with Crippen LogP contribution in [0.3, 0.4) is 0 Å². The molecular formula is C23H33N3O3S2. The fourth-order valence-corrected chi connectivity index (χ4v) is 6.71. The van der Waals surface area contributed by atoms with E-state index in [0.717, 1.165) is 25.0 Å². The molecular weight excluding hydrogens is 430 g/mol. The summed E-state index contributed by atoms with van der Waals surface area (Å²) in [5.74, 6) is 0.831. The molecule has 1 N–H and O–H groups in total. The molecule has 0 fully saturated rings. The summed E-state index contributed by atoms with van der Waals surface area (Å²) < 4.78 is 27.8. The SMILES string of the molecule is CC(C)CN(CC(C)C)S(=O)(=O)c1ccc(C(=O)Nc2nc3c(s2)C[C@@H](C)CC3)cc1. The third-order valence-electron chi connectivity index (χ3n) is 5.30. The number of fused-ring (bicyclic) bond motifs is 1. The summed E-state index contributed by atoms with van der Waals surface area (Å²) in [4.78, 5) is 18.7. The summed E-state index contributed by atoms with van der Waals surface area (Å²) in [6.45, 7) is 11.2. The Hall–Kier alpha value is -1.77. The van der Waals surface area contributed by atoms with E-state index >= 15 is 0 Å². The highest BCUT2D eigenvalue weighted by Gasteiger charge is 2.26. The Bertz CT molecular complexity index is 1000. The number of aromatic nitrogens is 1. The molecule has 31 heavy (non-hydrogen) atoms. The normalized spacial score (nSPS) is 16.7. The minimum absolute atomic E-state index is 0.212. The Balaban J connectivity index is 1.73. The van der Waals surface area contributed by atoms with E-state index in [1.54, 1.807) is 16.4 Å². The number of carbonyl (C=O) groups is 1. The molecule has 0 saturated carbocycles. The lowest BCUT2D eigenvalue weighted by molar-refractivity contribution is 0.102. The zero-order chi connectivity index (χ0) is 22.8. The third-order valence-corrected chi connectivity index (χ3v) is 8.18. The molecule has 0 aliphatic heterocycles. The summed E-state index contributed by atoms with van der Waals surface area (Å²) in [6, 6.07) is 6.18. The van der Waals surface area contributed by atoms with E-state index in [1.807, 2.05) is 27.7 Å². The maximum Gasteiger partial charge on any atom is 0.257 e. The molecule has 1 atom stereocenters. The van der Waals surface area contributed by atoms with Crippen LogP contribution >= 0.6 is 11.3 Å². The number of rotatable bonds is 8.